The molecule has 0 aliphatic heterocycles. The van der Waals surface area contributed by atoms with Gasteiger partial charge in [0.2, 0.25) is 11.0 Å². The minimum atomic E-state index is -0.360. The maximum absolute atomic E-state index is 11.7. The molecule has 2 aromatic rings. The molecule has 0 unspecified atom stereocenters. The first-order chi connectivity index (χ1) is 12.4. The second-order valence-corrected chi connectivity index (χ2v) is 8.01. The Morgan fingerprint density at radius 2 is 1.23 bits per heavy atom. The summed E-state index contributed by atoms with van der Waals surface area (Å²) >= 11 is 3.31. The van der Waals surface area contributed by atoms with Gasteiger partial charge in [-0.1, -0.05) is 22.7 Å². The van der Waals surface area contributed by atoms with Gasteiger partial charge in [0.25, 0.3) is 0 Å². The number of carbonyl (C=O) groups excluding carboxylic acids is 2. The van der Waals surface area contributed by atoms with Crippen LogP contribution in [0.1, 0.15) is 34.0 Å². The standard InChI is InChI=1S/C18H26N2O4S2/c1-13-15(25-11-19(13)3)7-9-23-17(21)5-6-18(22)24-10-8-16-14(2)20(4)12-26-16/h11-12H,5-10H2,1-4H3/q+2. The number of esters is 2. The second-order valence-electron chi connectivity index (χ2n) is 6.13. The lowest BCUT2D eigenvalue weighted by Gasteiger charge is -2.05. The van der Waals surface area contributed by atoms with Gasteiger partial charge in [-0.25, -0.2) is 0 Å². The van der Waals surface area contributed by atoms with Gasteiger partial charge in [0.15, 0.2) is 11.4 Å². The zero-order valence-corrected chi connectivity index (χ0v) is 17.4. The summed E-state index contributed by atoms with van der Waals surface area (Å²) in [5.41, 5.74) is 6.42. The SMILES string of the molecule is Cc1c(CCOC(=O)CCC(=O)OCCc2sc[n+](C)c2C)sc[n+]1C. The van der Waals surface area contributed by atoms with Crippen molar-refractivity contribution in [2.75, 3.05) is 13.2 Å². The molecule has 8 heteroatoms. The van der Waals surface area contributed by atoms with Crippen LogP contribution in [0.25, 0.3) is 0 Å². The van der Waals surface area contributed by atoms with Gasteiger partial charge in [0, 0.05) is 26.7 Å². The Balaban J connectivity index is 1.58. The van der Waals surface area contributed by atoms with Crippen molar-refractivity contribution in [1.82, 2.24) is 0 Å². The molecule has 0 aliphatic rings. The van der Waals surface area contributed by atoms with Crippen molar-refractivity contribution in [3.63, 3.8) is 0 Å². The molecule has 0 N–H and O–H groups in total. The van der Waals surface area contributed by atoms with Crippen molar-refractivity contribution in [3.05, 3.63) is 32.2 Å². The Morgan fingerprint density at radius 3 is 1.54 bits per heavy atom. The van der Waals surface area contributed by atoms with E-state index in [1.54, 1.807) is 22.7 Å². The summed E-state index contributed by atoms with van der Waals surface area (Å²) in [5.74, 6) is -0.719. The highest BCUT2D eigenvalue weighted by Gasteiger charge is 2.14. The largest absolute Gasteiger partial charge is 0.465 e. The number of carbonyl (C=O) groups is 2. The topological polar surface area (TPSA) is 60.4 Å². The molecule has 0 bridgehead atoms. The van der Waals surface area contributed by atoms with Gasteiger partial charge in [-0.3, -0.25) is 9.59 Å². The van der Waals surface area contributed by atoms with Crippen LogP contribution in [-0.2, 0) is 46.0 Å². The Morgan fingerprint density at radius 1 is 0.846 bits per heavy atom. The zero-order valence-electron chi connectivity index (χ0n) is 15.7. The van der Waals surface area contributed by atoms with Gasteiger partial charge < -0.3 is 9.47 Å². The normalized spacial score (nSPS) is 10.8. The van der Waals surface area contributed by atoms with Crippen molar-refractivity contribution < 1.29 is 28.2 Å². The number of ether oxygens (including phenoxy) is 2. The summed E-state index contributed by atoms with van der Waals surface area (Å²) in [6, 6.07) is 0. The Labute approximate surface area is 162 Å². The van der Waals surface area contributed by atoms with E-state index in [0.717, 1.165) is 0 Å². The highest BCUT2D eigenvalue weighted by atomic mass is 32.1. The highest BCUT2D eigenvalue weighted by molar-refractivity contribution is 7.09. The molecule has 0 saturated carbocycles. The highest BCUT2D eigenvalue weighted by Crippen LogP contribution is 2.12. The number of aryl methyl sites for hydroxylation is 2. The minimum absolute atomic E-state index is 0.0586. The summed E-state index contributed by atoms with van der Waals surface area (Å²) in [6.45, 7) is 4.76. The molecule has 0 amide bonds. The number of aromatic nitrogens is 2. The summed E-state index contributed by atoms with van der Waals surface area (Å²) in [5, 5.41) is 0. The summed E-state index contributed by atoms with van der Waals surface area (Å²) < 4.78 is 14.5. The first-order valence-electron chi connectivity index (χ1n) is 8.55. The van der Waals surface area contributed by atoms with E-state index in [9.17, 15) is 9.59 Å². The van der Waals surface area contributed by atoms with E-state index in [0.29, 0.717) is 26.1 Å². The predicted molar refractivity (Wildman–Crippen MR) is 99.0 cm³/mol. The van der Waals surface area contributed by atoms with Crippen molar-refractivity contribution >= 4 is 34.6 Å². The number of nitrogens with zero attached hydrogens (tertiary/aromatic N) is 2. The Bertz CT molecular complexity index is 703. The van der Waals surface area contributed by atoms with Crippen molar-refractivity contribution in [2.24, 2.45) is 14.1 Å². The average Bonchev–Trinajstić information content (AvgIpc) is 3.10. The molecule has 0 atom stereocenters. The molecule has 0 spiro atoms. The summed E-state index contributed by atoms with van der Waals surface area (Å²) in [4.78, 5) is 25.9. The van der Waals surface area contributed by atoms with E-state index in [1.165, 1.54) is 21.1 Å². The fraction of sp³-hybridized carbons (Fsp3) is 0.556. The molecule has 2 aromatic heterocycles. The number of hydrogen-bond donors (Lipinski definition) is 0. The molecule has 0 aromatic carbocycles. The molecule has 26 heavy (non-hydrogen) atoms. The van der Waals surface area contributed by atoms with E-state index in [-0.39, 0.29) is 24.8 Å². The van der Waals surface area contributed by atoms with Crippen LogP contribution in [0.4, 0.5) is 0 Å². The molecule has 6 nitrogen and oxygen atoms in total. The average molecular weight is 399 g/mol. The fourth-order valence-corrected chi connectivity index (χ4v) is 4.27. The van der Waals surface area contributed by atoms with Gasteiger partial charge >= 0.3 is 11.9 Å². The summed E-state index contributed by atoms with van der Waals surface area (Å²) in [7, 11) is 3.99. The van der Waals surface area contributed by atoms with Gasteiger partial charge in [-0.15, -0.1) is 0 Å². The van der Waals surface area contributed by atoms with Crippen LogP contribution in [0.2, 0.25) is 0 Å². The molecule has 142 valence electrons. The second kappa shape index (κ2) is 9.78. The Kier molecular flexibility index (Phi) is 7.71. The third kappa shape index (κ3) is 5.88. The minimum Gasteiger partial charge on any atom is -0.465 e. The van der Waals surface area contributed by atoms with E-state index in [4.69, 9.17) is 9.47 Å². The lowest BCUT2D eigenvalue weighted by molar-refractivity contribution is -0.673. The molecule has 0 saturated heterocycles. The van der Waals surface area contributed by atoms with Crippen molar-refractivity contribution in [2.45, 2.75) is 39.5 Å². The predicted octanol–water partition coefficient (Wildman–Crippen LogP) is 1.73. The van der Waals surface area contributed by atoms with Crippen LogP contribution in [-0.4, -0.2) is 25.2 Å². The number of hydrogen-bond acceptors (Lipinski definition) is 6. The van der Waals surface area contributed by atoms with Gasteiger partial charge in [-0.2, -0.15) is 9.13 Å². The molecule has 0 fully saturated rings. The lowest BCUT2D eigenvalue weighted by Crippen LogP contribution is -2.28. The third-order valence-corrected chi connectivity index (χ3v) is 6.70. The molecular weight excluding hydrogens is 372 g/mol. The molecule has 0 radical (unpaired) electrons. The third-order valence-electron chi connectivity index (χ3n) is 4.29. The van der Waals surface area contributed by atoms with Crippen LogP contribution in [0.5, 0.6) is 0 Å². The Hall–Kier alpha value is -1.80. The molecule has 0 aliphatic carbocycles. The van der Waals surface area contributed by atoms with E-state index in [2.05, 4.69) is 9.13 Å². The monoisotopic (exact) mass is 398 g/mol. The van der Waals surface area contributed by atoms with Crippen molar-refractivity contribution in [3.8, 4) is 0 Å². The lowest BCUT2D eigenvalue weighted by atomic mass is 10.3. The summed E-state index contributed by atoms with van der Waals surface area (Å²) in [6.07, 6.45) is 1.52. The maximum Gasteiger partial charge on any atom is 0.306 e. The van der Waals surface area contributed by atoms with Gasteiger partial charge in [0.05, 0.1) is 35.8 Å². The zero-order chi connectivity index (χ0) is 19.1. The molecule has 2 heterocycles. The molecule has 2 rings (SSSR count). The smallest absolute Gasteiger partial charge is 0.306 e. The van der Waals surface area contributed by atoms with Crippen LogP contribution in [0, 0.1) is 13.8 Å². The van der Waals surface area contributed by atoms with Crippen LogP contribution < -0.4 is 9.13 Å². The van der Waals surface area contributed by atoms with E-state index in [1.807, 2.05) is 39.0 Å². The first kappa shape index (κ1) is 20.5. The van der Waals surface area contributed by atoms with Crippen LogP contribution in [0.15, 0.2) is 11.0 Å². The van der Waals surface area contributed by atoms with Gasteiger partial charge in [-0.05, 0) is 0 Å². The number of rotatable bonds is 9. The van der Waals surface area contributed by atoms with Crippen molar-refractivity contribution in [1.29, 1.82) is 0 Å². The first-order valence-corrected chi connectivity index (χ1v) is 10.3. The molecular formula is C18H26N2O4S2+2. The maximum atomic E-state index is 11.7. The van der Waals surface area contributed by atoms with E-state index < -0.39 is 0 Å². The number of thiazole rings is 2. The van der Waals surface area contributed by atoms with Gasteiger partial charge in [0.1, 0.15) is 14.1 Å². The van der Waals surface area contributed by atoms with E-state index >= 15 is 0 Å². The van der Waals surface area contributed by atoms with Crippen LogP contribution in [0.3, 0.4) is 0 Å². The quantitative estimate of drug-likeness (QED) is 0.477. The fourth-order valence-electron chi connectivity index (χ4n) is 2.35. The van der Waals surface area contributed by atoms with Crippen LogP contribution >= 0.6 is 22.7 Å².